The predicted molar refractivity (Wildman–Crippen MR) is 174 cm³/mol. The van der Waals surface area contributed by atoms with Crippen LogP contribution in [-0.4, -0.2) is 0 Å². The lowest BCUT2D eigenvalue weighted by Gasteiger charge is -2.32. The molecule has 198 valence electrons. The highest BCUT2D eigenvalue weighted by Crippen LogP contribution is 2.44. The summed E-state index contributed by atoms with van der Waals surface area (Å²) in [6.07, 6.45) is 2.15. The molecule has 2 heteroatoms. The molecule has 5 aromatic carbocycles. The fourth-order valence-electron chi connectivity index (χ4n) is 6.25. The number of furan rings is 1. The van der Waals surface area contributed by atoms with Crippen molar-refractivity contribution < 1.29 is 4.42 Å². The first-order valence-corrected chi connectivity index (χ1v) is 15.1. The molecular formula is C38H34OS. The van der Waals surface area contributed by atoms with Crippen LogP contribution in [0.1, 0.15) is 51.7 Å². The van der Waals surface area contributed by atoms with E-state index in [9.17, 15) is 0 Å². The highest BCUT2D eigenvalue weighted by Gasteiger charge is 2.30. The molecular weight excluding hydrogens is 504 g/mol. The van der Waals surface area contributed by atoms with Crippen LogP contribution in [0.3, 0.4) is 0 Å². The van der Waals surface area contributed by atoms with Crippen LogP contribution in [0.15, 0.2) is 114 Å². The van der Waals surface area contributed by atoms with E-state index in [0.29, 0.717) is 0 Å². The van der Waals surface area contributed by atoms with Crippen LogP contribution in [0, 0.1) is 0 Å². The first-order chi connectivity index (χ1) is 19.3. The molecule has 2 heterocycles. The molecule has 0 aliphatic heterocycles. The predicted octanol–water partition coefficient (Wildman–Crippen LogP) is 11.7. The van der Waals surface area contributed by atoms with Crippen LogP contribution in [-0.2, 0) is 10.8 Å². The Labute approximate surface area is 240 Å². The summed E-state index contributed by atoms with van der Waals surface area (Å²) in [5.41, 5.74) is 7.05. The molecule has 7 aromatic rings. The summed E-state index contributed by atoms with van der Waals surface area (Å²) in [7, 11) is 0. The molecule has 0 aliphatic carbocycles. The minimum Gasteiger partial charge on any atom is -0.455 e. The first-order valence-electron chi connectivity index (χ1n) is 14.2. The summed E-state index contributed by atoms with van der Waals surface area (Å²) < 4.78 is 9.50. The van der Waals surface area contributed by atoms with Gasteiger partial charge in [-0.25, -0.2) is 0 Å². The molecule has 0 saturated heterocycles. The number of thiophene rings is 1. The summed E-state index contributed by atoms with van der Waals surface area (Å²) in [6, 6.07) is 39.6. The van der Waals surface area contributed by atoms with E-state index in [0.717, 1.165) is 29.6 Å². The average Bonchev–Trinajstić information content (AvgIpc) is 3.54. The minimum atomic E-state index is -0.0424. The molecule has 7 rings (SSSR count). The van der Waals surface area contributed by atoms with Gasteiger partial charge >= 0.3 is 0 Å². The van der Waals surface area contributed by atoms with Gasteiger partial charge in [0.2, 0.25) is 0 Å². The van der Waals surface area contributed by atoms with Gasteiger partial charge in [0, 0.05) is 42.1 Å². The fraction of sp³-hybridized carbons (Fsp3) is 0.211. The van der Waals surface area contributed by atoms with Crippen LogP contribution in [0.2, 0.25) is 0 Å². The Morgan fingerprint density at radius 1 is 0.550 bits per heavy atom. The quantitative estimate of drug-likeness (QED) is 0.205. The summed E-state index contributed by atoms with van der Waals surface area (Å²) in [5, 5.41) is 5.12. The van der Waals surface area contributed by atoms with Crippen LogP contribution in [0.4, 0.5) is 0 Å². The number of hydrogen-bond donors (Lipinski definition) is 0. The van der Waals surface area contributed by atoms with Crippen molar-refractivity contribution in [3.8, 4) is 11.1 Å². The average molecular weight is 539 g/mol. The van der Waals surface area contributed by atoms with Gasteiger partial charge < -0.3 is 4.42 Å². The van der Waals surface area contributed by atoms with Gasteiger partial charge in [0.25, 0.3) is 0 Å². The molecule has 0 amide bonds. The Bertz CT molecular complexity index is 2000. The molecule has 0 N–H and O–H groups in total. The maximum Gasteiger partial charge on any atom is 0.143 e. The first kappa shape index (κ1) is 25.1. The zero-order chi connectivity index (χ0) is 27.5. The van der Waals surface area contributed by atoms with Crippen molar-refractivity contribution in [3.05, 3.63) is 120 Å². The molecule has 1 nitrogen and oxygen atoms in total. The molecule has 0 fully saturated rings. The van der Waals surface area contributed by atoms with Crippen molar-refractivity contribution >= 4 is 53.4 Å². The summed E-state index contributed by atoms with van der Waals surface area (Å²) >= 11 is 1.90. The smallest absolute Gasteiger partial charge is 0.143 e. The van der Waals surface area contributed by atoms with Gasteiger partial charge in [-0.1, -0.05) is 125 Å². The van der Waals surface area contributed by atoms with E-state index in [1.807, 2.05) is 11.3 Å². The van der Waals surface area contributed by atoms with Gasteiger partial charge in [-0.15, -0.1) is 11.3 Å². The molecule has 40 heavy (non-hydrogen) atoms. The lowest BCUT2D eigenvalue weighted by molar-refractivity contribution is 0.374. The monoisotopic (exact) mass is 538 g/mol. The lowest BCUT2D eigenvalue weighted by Crippen LogP contribution is -2.24. The fourth-order valence-corrected chi connectivity index (χ4v) is 7.39. The summed E-state index contributed by atoms with van der Waals surface area (Å²) in [6.45, 7) is 9.54. The Kier molecular flexibility index (Phi) is 5.87. The second-order valence-corrected chi connectivity index (χ2v) is 13.5. The number of hydrogen-bond acceptors (Lipinski definition) is 2. The summed E-state index contributed by atoms with van der Waals surface area (Å²) in [5.74, 6) is 0. The minimum absolute atomic E-state index is 0.0424. The Balaban J connectivity index is 1.23. The maximum absolute atomic E-state index is 6.75. The molecule has 0 saturated carbocycles. The molecule has 0 atom stereocenters. The second kappa shape index (κ2) is 9.35. The SMILES string of the molecule is CC(C)(CCC(C)(C)c1cccc2c1oc1c(-c3ccccc3)cccc12)c1ccc2c(c1)sc1ccccc12. The topological polar surface area (TPSA) is 13.1 Å². The van der Waals surface area contributed by atoms with E-state index in [1.54, 1.807) is 0 Å². The number of para-hydroxylation sites is 2. The van der Waals surface area contributed by atoms with Crippen LogP contribution in [0.5, 0.6) is 0 Å². The van der Waals surface area contributed by atoms with Crippen LogP contribution >= 0.6 is 11.3 Å². The van der Waals surface area contributed by atoms with Crippen LogP contribution in [0.25, 0.3) is 53.2 Å². The van der Waals surface area contributed by atoms with E-state index in [1.165, 1.54) is 47.6 Å². The van der Waals surface area contributed by atoms with Gasteiger partial charge in [-0.05, 0) is 46.9 Å². The molecule has 0 spiro atoms. The van der Waals surface area contributed by atoms with Gasteiger partial charge in [0.15, 0.2) is 0 Å². The third-order valence-electron chi connectivity index (χ3n) is 8.87. The zero-order valence-corrected chi connectivity index (χ0v) is 24.4. The van der Waals surface area contributed by atoms with Crippen molar-refractivity contribution in [1.82, 2.24) is 0 Å². The van der Waals surface area contributed by atoms with Crippen LogP contribution < -0.4 is 0 Å². The second-order valence-electron chi connectivity index (χ2n) is 12.4. The molecule has 0 bridgehead atoms. The Morgan fingerprint density at radius 2 is 1.20 bits per heavy atom. The number of fused-ring (bicyclic) bond motifs is 6. The maximum atomic E-state index is 6.75. The number of rotatable bonds is 6. The van der Waals surface area contributed by atoms with E-state index in [-0.39, 0.29) is 10.8 Å². The third-order valence-corrected chi connectivity index (χ3v) is 10.0. The molecule has 0 unspecified atom stereocenters. The van der Waals surface area contributed by atoms with Crippen molar-refractivity contribution in [2.24, 2.45) is 0 Å². The van der Waals surface area contributed by atoms with Crippen molar-refractivity contribution in [1.29, 1.82) is 0 Å². The van der Waals surface area contributed by atoms with E-state index < -0.39 is 0 Å². The van der Waals surface area contributed by atoms with Crippen molar-refractivity contribution in [2.45, 2.75) is 51.4 Å². The highest BCUT2D eigenvalue weighted by atomic mass is 32.1. The largest absolute Gasteiger partial charge is 0.455 e. The highest BCUT2D eigenvalue weighted by molar-refractivity contribution is 7.25. The molecule has 0 aliphatic rings. The molecule has 0 radical (unpaired) electrons. The van der Waals surface area contributed by atoms with Gasteiger partial charge in [0.1, 0.15) is 11.2 Å². The van der Waals surface area contributed by atoms with Gasteiger partial charge in [-0.2, -0.15) is 0 Å². The normalized spacial score (nSPS) is 12.7. The van der Waals surface area contributed by atoms with Gasteiger partial charge in [-0.3, -0.25) is 0 Å². The Morgan fingerprint density at radius 3 is 2.02 bits per heavy atom. The van der Waals surface area contributed by atoms with E-state index >= 15 is 0 Å². The van der Waals surface area contributed by atoms with E-state index in [4.69, 9.17) is 4.42 Å². The standard InChI is InChI=1S/C38H34OS/c1-37(2,26-20-21-29-28-14-8-9-19-33(28)40-34(29)24-26)22-23-38(3,4)32-18-11-17-31-30-16-10-15-27(35(30)39-36(31)32)25-12-6-5-7-13-25/h5-21,24H,22-23H2,1-4H3. The van der Waals surface area contributed by atoms with Crippen molar-refractivity contribution in [3.63, 3.8) is 0 Å². The zero-order valence-electron chi connectivity index (χ0n) is 23.6. The van der Waals surface area contributed by atoms with E-state index in [2.05, 4.69) is 137 Å². The molecule has 2 aromatic heterocycles. The third kappa shape index (κ3) is 4.14. The summed E-state index contributed by atoms with van der Waals surface area (Å²) in [4.78, 5) is 0. The lowest BCUT2D eigenvalue weighted by atomic mass is 9.72. The van der Waals surface area contributed by atoms with Crippen molar-refractivity contribution in [2.75, 3.05) is 0 Å². The Hall–Kier alpha value is -3.88. The van der Waals surface area contributed by atoms with Gasteiger partial charge in [0.05, 0.1) is 0 Å². The number of benzene rings is 5.